The number of aliphatic hydroxyl groups is 2. The molecular weight excluding hydrogens is 367 g/mol. The van der Waals surface area contributed by atoms with E-state index in [1.54, 1.807) is 0 Å². The standard InChI is InChI=1S/C11H13N2O9PS/c14-7-6(1-21-23(18,19)20)22-10(8(7)15)13-5-3-24-2-4(5)9(16)12-11(13)17/h2-3,6-8,10,14-15H,1H2,(H,12,16,17)(H2,18,19,20)/t6-,7-,8-,10-/m1/s1. The first-order chi connectivity index (χ1) is 11.2. The Labute approximate surface area is 136 Å². The molecule has 0 unspecified atom stereocenters. The van der Waals surface area contributed by atoms with Crippen LogP contribution in [0.4, 0.5) is 0 Å². The summed E-state index contributed by atoms with van der Waals surface area (Å²) in [5.41, 5.74) is -1.23. The molecule has 4 atom stereocenters. The van der Waals surface area contributed by atoms with Crippen LogP contribution in [-0.2, 0) is 13.8 Å². The fourth-order valence-corrected chi connectivity index (χ4v) is 3.63. The molecule has 0 radical (unpaired) electrons. The second-order valence-corrected chi connectivity index (χ2v) is 7.12. The van der Waals surface area contributed by atoms with Gasteiger partial charge in [-0.05, 0) is 0 Å². The molecule has 0 bridgehead atoms. The van der Waals surface area contributed by atoms with Gasteiger partial charge in [-0.25, -0.2) is 9.36 Å². The average molecular weight is 380 g/mol. The molecule has 0 saturated carbocycles. The lowest BCUT2D eigenvalue weighted by atomic mass is 10.1. The zero-order chi connectivity index (χ0) is 17.6. The van der Waals surface area contributed by atoms with Crippen LogP contribution < -0.4 is 11.2 Å². The summed E-state index contributed by atoms with van der Waals surface area (Å²) in [6, 6.07) is 0. The molecule has 3 heterocycles. The van der Waals surface area contributed by atoms with Crippen LogP contribution in [0.1, 0.15) is 6.23 Å². The van der Waals surface area contributed by atoms with Crippen molar-refractivity contribution in [1.29, 1.82) is 0 Å². The number of aromatic amines is 1. The molecule has 2 aromatic rings. The SMILES string of the molecule is O=c1[nH]c(=O)n([C@@H]2O[C@H](COP(=O)(O)O)[C@@H](O)[C@H]2O)c2cscc12. The Morgan fingerprint density at radius 1 is 1.29 bits per heavy atom. The van der Waals surface area contributed by atoms with E-state index in [1.807, 2.05) is 0 Å². The van der Waals surface area contributed by atoms with Crippen LogP contribution in [0, 0.1) is 0 Å². The van der Waals surface area contributed by atoms with Crippen molar-refractivity contribution in [3.8, 4) is 0 Å². The van der Waals surface area contributed by atoms with Crippen molar-refractivity contribution in [2.24, 2.45) is 0 Å². The number of phosphoric acid groups is 1. The molecule has 1 saturated heterocycles. The molecule has 2 aromatic heterocycles. The highest BCUT2D eigenvalue weighted by Crippen LogP contribution is 2.38. The van der Waals surface area contributed by atoms with Crippen molar-refractivity contribution < 1.29 is 33.8 Å². The highest BCUT2D eigenvalue weighted by molar-refractivity contribution is 7.46. The van der Waals surface area contributed by atoms with Gasteiger partial charge in [-0.15, -0.1) is 11.3 Å². The fourth-order valence-electron chi connectivity index (χ4n) is 2.48. The Hall–Kier alpha value is -1.37. The number of ether oxygens (including phenoxy) is 1. The quantitative estimate of drug-likeness (QED) is 0.395. The van der Waals surface area contributed by atoms with Crippen molar-refractivity contribution in [1.82, 2.24) is 9.55 Å². The van der Waals surface area contributed by atoms with E-state index in [-0.39, 0.29) is 10.9 Å². The number of hydrogen-bond acceptors (Lipinski definition) is 8. The third kappa shape index (κ3) is 3.10. The molecule has 5 N–H and O–H groups in total. The van der Waals surface area contributed by atoms with Crippen molar-refractivity contribution in [2.75, 3.05) is 6.61 Å². The summed E-state index contributed by atoms with van der Waals surface area (Å²) in [7, 11) is -4.79. The van der Waals surface area contributed by atoms with Crippen molar-refractivity contribution >= 4 is 30.1 Å². The number of nitrogens with zero attached hydrogens (tertiary/aromatic N) is 1. The van der Waals surface area contributed by atoms with Crippen molar-refractivity contribution in [3.63, 3.8) is 0 Å². The lowest BCUT2D eigenvalue weighted by molar-refractivity contribution is -0.0520. The lowest BCUT2D eigenvalue weighted by Crippen LogP contribution is -2.38. The molecule has 11 nitrogen and oxygen atoms in total. The number of hydrogen-bond donors (Lipinski definition) is 5. The van der Waals surface area contributed by atoms with Crippen LogP contribution in [0.3, 0.4) is 0 Å². The first kappa shape index (κ1) is 17.5. The minimum absolute atomic E-state index is 0.208. The Morgan fingerprint density at radius 3 is 2.67 bits per heavy atom. The molecule has 1 aliphatic rings. The second kappa shape index (κ2) is 6.17. The molecule has 0 amide bonds. The molecule has 1 fully saturated rings. The summed E-state index contributed by atoms with van der Waals surface area (Å²) in [6.07, 6.45) is -5.74. The Balaban J connectivity index is 1.96. The van der Waals surface area contributed by atoms with Crippen molar-refractivity contribution in [2.45, 2.75) is 24.5 Å². The monoisotopic (exact) mass is 380 g/mol. The predicted octanol–water partition coefficient (Wildman–Crippen LogP) is -1.52. The van der Waals surface area contributed by atoms with Gasteiger partial charge in [-0.2, -0.15) is 0 Å². The molecular formula is C11H13N2O9PS. The summed E-state index contributed by atoms with van der Waals surface area (Å²) in [6.45, 7) is -0.691. The van der Waals surface area contributed by atoms with Gasteiger partial charge in [0.25, 0.3) is 5.56 Å². The van der Waals surface area contributed by atoms with Gasteiger partial charge in [0, 0.05) is 10.8 Å². The van der Waals surface area contributed by atoms with Crippen molar-refractivity contribution in [3.05, 3.63) is 31.6 Å². The largest absolute Gasteiger partial charge is 0.469 e. The maximum absolute atomic E-state index is 12.1. The molecule has 13 heteroatoms. The first-order valence-electron chi connectivity index (χ1n) is 6.61. The predicted molar refractivity (Wildman–Crippen MR) is 80.6 cm³/mol. The normalized spacial score (nSPS) is 27.8. The number of fused-ring (bicyclic) bond motifs is 1. The van der Waals surface area contributed by atoms with Gasteiger partial charge in [0.2, 0.25) is 0 Å². The van der Waals surface area contributed by atoms with E-state index in [2.05, 4.69) is 9.51 Å². The Morgan fingerprint density at radius 2 is 2.00 bits per heavy atom. The van der Waals surface area contributed by atoms with E-state index >= 15 is 0 Å². The summed E-state index contributed by atoms with van der Waals surface area (Å²) in [5.74, 6) is 0. The summed E-state index contributed by atoms with van der Waals surface area (Å²) in [4.78, 5) is 43.3. The van der Waals surface area contributed by atoms with E-state index in [0.717, 1.165) is 15.9 Å². The van der Waals surface area contributed by atoms with Crippen LogP contribution in [-0.4, -0.2) is 54.5 Å². The molecule has 0 aromatic carbocycles. The maximum Gasteiger partial charge on any atom is 0.469 e. The van der Waals surface area contributed by atoms with Crippen LogP contribution in [0.25, 0.3) is 10.9 Å². The Bertz CT molecular complexity index is 914. The summed E-state index contributed by atoms with van der Waals surface area (Å²) < 4.78 is 21.3. The number of phosphoric ester groups is 1. The number of H-pyrrole nitrogens is 1. The van der Waals surface area contributed by atoms with Gasteiger partial charge in [0.15, 0.2) is 6.23 Å². The van der Waals surface area contributed by atoms with E-state index in [4.69, 9.17) is 14.5 Å². The first-order valence-corrected chi connectivity index (χ1v) is 9.09. The van der Waals surface area contributed by atoms with E-state index in [1.165, 1.54) is 10.8 Å². The minimum Gasteiger partial charge on any atom is -0.387 e. The summed E-state index contributed by atoms with van der Waals surface area (Å²) in [5, 5.41) is 23.3. The highest BCUT2D eigenvalue weighted by Gasteiger charge is 2.45. The zero-order valence-electron chi connectivity index (χ0n) is 11.8. The lowest BCUT2D eigenvalue weighted by Gasteiger charge is -2.18. The van der Waals surface area contributed by atoms with Crippen LogP contribution in [0.5, 0.6) is 0 Å². The van der Waals surface area contributed by atoms with Crippen LogP contribution in [0.15, 0.2) is 20.3 Å². The zero-order valence-corrected chi connectivity index (χ0v) is 13.5. The third-order valence-corrected chi connectivity index (χ3v) is 4.80. The topological polar surface area (TPSA) is 171 Å². The number of thiophene rings is 1. The number of rotatable bonds is 4. The van der Waals surface area contributed by atoms with Gasteiger partial charge < -0.3 is 24.7 Å². The highest BCUT2D eigenvalue weighted by atomic mass is 32.1. The summed E-state index contributed by atoms with van der Waals surface area (Å²) >= 11 is 1.16. The van der Waals surface area contributed by atoms with Gasteiger partial charge >= 0.3 is 13.5 Å². The Kier molecular flexibility index (Phi) is 4.49. The smallest absolute Gasteiger partial charge is 0.387 e. The van der Waals surface area contributed by atoms with E-state index < -0.39 is 50.2 Å². The van der Waals surface area contributed by atoms with Crippen LogP contribution in [0.2, 0.25) is 0 Å². The molecule has 0 spiro atoms. The molecule has 1 aliphatic heterocycles. The number of aliphatic hydroxyl groups excluding tert-OH is 2. The molecule has 24 heavy (non-hydrogen) atoms. The number of aromatic nitrogens is 2. The third-order valence-electron chi connectivity index (χ3n) is 3.58. The minimum atomic E-state index is -4.79. The average Bonchev–Trinajstić information content (AvgIpc) is 3.05. The van der Waals surface area contributed by atoms with Gasteiger partial charge in [-0.3, -0.25) is 18.9 Å². The maximum atomic E-state index is 12.1. The molecule has 3 rings (SSSR count). The van der Waals surface area contributed by atoms with E-state index in [0.29, 0.717) is 0 Å². The number of nitrogens with one attached hydrogen (secondary N) is 1. The van der Waals surface area contributed by atoms with E-state index in [9.17, 15) is 24.4 Å². The van der Waals surface area contributed by atoms with Gasteiger partial charge in [0.05, 0.1) is 17.5 Å². The molecule has 132 valence electrons. The van der Waals surface area contributed by atoms with Crippen LogP contribution >= 0.6 is 19.2 Å². The van der Waals surface area contributed by atoms with Gasteiger partial charge in [0.1, 0.15) is 18.3 Å². The molecule has 0 aliphatic carbocycles. The fraction of sp³-hybridized carbons (Fsp3) is 0.455. The second-order valence-electron chi connectivity index (χ2n) is 5.13. The van der Waals surface area contributed by atoms with Gasteiger partial charge in [-0.1, -0.05) is 0 Å².